The van der Waals surface area contributed by atoms with Gasteiger partial charge >= 0.3 is 6.03 Å². The van der Waals surface area contributed by atoms with Crippen LogP contribution >= 0.6 is 0 Å². The van der Waals surface area contributed by atoms with Gasteiger partial charge in [0.25, 0.3) is 11.8 Å². The summed E-state index contributed by atoms with van der Waals surface area (Å²) < 4.78 is 5.31. The van der Waals surface area contributed by atoms with Crippen LogP contribution < -0.4 is 10.1 Å². The summed E-state index contributed by atoms with van der Waals surface area (Å²) in [6, 6.07) is 12.7. The molecule has 2 aromatic rings. The molecule has 1 fully saturated rings. The minimum Gasteiger partial charge on any atom is -0.504 e. The third-order valence-corrected chi connectivity index (χ3v) is 3.96. The molecular weight excluding hydrogens is 348 g/mol. The Morgan fingerprint density at radius 3 is 2.56 bits per heavy atom. The molecule has 7 heteroatoms. The van der Waals surface area contributed by atoms with E-state index in [1.54, 1.807) is 37.3 Å². The Morgan fingerprint density at radius 1 is 1.11 bits per heavy atom. The summed E-state index contributed by atoms with van der Waals surface area (Å²) in [5.74, 6) is -1.24. The molecule has 138 valence electrons. The van der Waals surface area contributed by atoms with Gasteiger partial charge in [0.05, 0.1) is 13.2 Å². The number of amides is 4. The topological polar surface area (TPSA) is 95.9 Å². The maximum Gasteiger partial charge on any atom is 0.331 e. The SMILES string of the molecule is CCOc1cc(/C=C2\C(=O)NC(=O)N(Cc3ccccc3)C2=O)ccc1O. The van der Waals surface area contributed by atoms with Crippen LogP contribution in [0.2, 0.25) is 0 Å². The number of carbonyl (C=O) groups excluding carboxylic acids is 3. The summed E-state index contributed by atoms with van der Waals surface area (Å²) >= 11 is 0. The average Bonchev–Trinajstić information content (AvgIpc) is 2.66. The van der Waals surface area contributed by atoms with Gasteiger partial charge in [-0.15, -0.1) is 0 Å². The van der Waals surface area contributed by atoms with Crippen molar-refractivity contribution in [2.45, 2.75) is 13.5 Å². The van der Waals surface area contributed by atoms with Crippen molar-refractivity contribution in [1.82, 2.24) is 10.2 Å². The summed E-state index contributed by atoms with van der Waals surface area (Å²) in [6.45, 7) is 2.18. The Bertz CT molecular complexity index is 921. The predicted octanol–water partition coefficient (Wildman–Crippen LogP) is 2.45. The normalized spacial score (nSPS) is 15.8. The van der Waals surface area contributed by atoms with E-state index in [9.17, 15) is 19.5 Å². The monoisotopic (exact) mass is 366 g/mol. The molecule has 0 unspecified atom stereocenters. The number of benzene rings is 2. The lowest BCUT2D eigenvalue weighted by Crippen LogP contribution is -2.53. The van der Waals surface area contributed by atoms with Crippen LogP contribution in [0.15, 0.2) is 54.1 Å². The number of phenolic OH excluding ortho intramolecular Hbond substituents is 1. The van der Waals surface area contributed by atoms with E-state index in [4.69, 9.17) is 4.74 Å². The van der Waals surface area contributed by atoms with Crippen LogP contribution in [0.1, 0.15) is 18.1 Å². The number of barbiturate groups is 1. The van der Waals surface area contributed by atoms with E-state index in [2.05, 4.69) is 5.32 Å². The third-order valence-electron chi connectivity index (χ3n) is 3.96. The highest BCUT2D eigenvalue weighted by atomic mass is 16.5. The van der Waals surface area contributed by atoms with Crippen LogP contribution in [0.5, 0.6) is 11.5 Å². The van der Waals surface area contributed by atoms with Gasteiger partial charge in [-0.05, 0) is 36.3 Å². The molecule has 0 bridgehead atoms. The summed E-state index contributed by atoms with van der Waals surface area (Å²) in [5.41, 5.74) is 1.08. The molecule has 0 atom stereocenters. The quantitative estimate of drug-likeness (QED) is 0.626. The summed E-state index contributed by atoms with van der Waals surface area (Å²) in [4.78, 5) is 38.0. The van der Waals surface area contributed by atoms with Crippen molar-refractivity contribution in [3.05, 3.63) is 65.2 Å². The Labute approximate surface area is 155 Å². The van der Waals surface area contributed by atoms with Crippen LogP contribution in [0.3, 0.4) is 0 Å². The first-order valence-corrected chi connectivity index (χ1v) is 8.38. The molecule has 0 aromatic heterocycles. The van der Waals surface area contributed by atoms with Gasteiger partial charge < -0.3 is 9.84 Å². The highest BCUT2D eigenvalue weighted by Crippen LogP contribution is 2.28. The van der Waals surface area contributed by atoms with Crippen molar-refractivity contribution in [2.75, 3.05) is 6.61 Å². The molecule has 27 heavy (non-hydrogen) atoms. The molecule has 0 radical (unpaired) electrons. The zero-order chi connectivity index (χ0) is 19.4. The molecular formula is C20H18N2O5. The van der Waals surface area contributed by atoms with Gasteiger partial charge in [-0.2, -0.15) is 0 Å². The fourth-order valence-electron chi connectivity index (χ4n) is 2.66. The molecule has 0 saturated carbocycles. The standard InChI is InChI=1S/C20H18N2O5/c1-2-27-17-11-14(8-9-16(17)23)10-15-18(24)21-20(26)22(19(15)25)12-13-6-4-3-5-7-13/h3-11,23H,2,12H2,1H3,(H,21,24,26)/b15-10+. The number of aromatic hydroxyl groups is 1. The van der Waals surface area contributed by atoms with Gasteiger partial charge in [0.2, 0.25) is 0 Å². The Morgan fingerprint density at radius 2 is 1.85 bits per heavy atom. The van der Waals surface area contributed by atoms with Crippen LogP contribution in [-0.4, -0.2) is 34.5 Å². The van der Waals surface area contributed by atoms with E-state index in [-0.39, 0.29) is 23.6 Å². The molecule has 0 spiro atoms. The van der Waals surface area contributed by atoms with Crippen molar-refractivity contribution >= 4 is 23.9 Å². The summed E-state index contributed by atoms with van der Waals surface area (Å²) in [5, 5.41) is 12.0. The number of urea groups is 1. The van der Waals surface area contributed by atoms with Crippen LogP contribution in [0, 0.1) is 0 Å². The second-order valence-electron chi connectivity index (χ2n) is 5.85. The number of nitrogens with one attached hydrogen (secondary N) is 1. The first-order valence-electron chi connectivity index (χ1n) is 8.38. The minimum absolute atomic E-state index is 0.0423. The zero-order valence-electron chi connectivity index (χ0n) is 14.6. The van der Waals surface area contributed by atoms with E-state index in [0.29, 0.717) is 12.2 Å². The largest absolute Gasteiger partial charge is 0.504 e. The number of nitrogens with zero attached hydrogens (tertiary/aromatic N) is 1. The first-order chi connectivity index (χ1) is 13.0. The molecule has 1 saturated heterocycles. The fourth-order valence-corrected chi connectivity index (χ4v) is 2.66. The Kier molecular flexibility index (Phi) is 5.21. The van der Waals surface area contributed by atoms with Crippen molar-refractivity contribution in [2.24, 2.45) is 0 Å². The van der Waals surface area contributed by atoms with Gasteiger partial charge in [-0.3, -0.25) is 19.8 Å². The van der Waals surface area contributed by atoms with Crippen molar-refractivity contribution < 1.29 is 24.2 Å². The number of ether oxygens (including phenoxy) is 1. The maximum atomic E-state index is 12.7. The smallest absolute Gasteiger partial charge is 0.331 e. The van der Waals surface area contributed by atoms with Gasteiger partial charge in [-0.25, -0.2) is 4.79 Å². The third kappa shape index (κ3) is 3.98. The highest BCUT2D eigenvalue weighted by Gasteiger charge is 2.35. The number of hydrogen-bond donors (Lipinski definition) is 2. The minimum atomic E-state index is -0.764. The molecule has 7 nitrogen and oxygen atoms in total. The summed E-state index contributed by atoms with van der Waals surface area (Å²) in [6.07, 6.45) is 1.37. The highest BCUT2D eigenvalue weighted by molar-refractivity contribution is 6.30. The molecule has 1 aliphatic heterocycles. The molecule has 2 aromatic carbocycles. The molecule has 0 aliphatic carbocycles. The number of imide groups is 2. The zero-order valence-corrected chi connectivity index (χ0v) is 14.6. The van der Waals surface area contributed by atoms with Crippen LogP contribution in [0.4, 0.5) is 4.79 Å². The van der Waals surface area contributed by atoms with Gasteiger partial charge in [0, 0.05) is 0 Å². The van der Waals surface area contributed by atoms with Gasteiger partial charge in [-0.1, -0.05) is 36.4 Å². The maximum absolute atomic E-state index is 12.7. The lowest BCUT2D eigenvalue weighted by atomic mass is 10.1. The fraction of sp³-hybridized carbons (Fsp3) is 0.150. The number of carbonyl (C=O) groups is 3. The molecule has 1 heterocycles. The molecule has 2 N–H and O–H groups in total. The Balaban J connectivity index is 1.91. The second-order valence-corrected chi connectivity index (χ2v) is 5.85. The van der Waals surface area contributed by atoms with E-state index in [1.807, 2.05) is 6.07 Å². The van der Waals surface area contributed by atoms with Crippen molar-refractivity contribution in [3.63, 3.8) is 0 Å². The van der Waals surface area contributed by atoms with E-state index in [0.717, 1.165) is 10.5 Å². The van der Waals surface area contributed by atoms with Gasteiger partial charge in [0.1, 0.15) is 5.57 Å². The van der Waals surface area contributed by atoms with E-state index in [1.165, 1.54) is 18.2 Å². The van der Waals surface area contributed by atoms with Crippen LogP contribution in [0.25, 0.3) is 6.08 Å². The summed E-state index contributed by atoms with van der Waals surface area (Å²) in [7, 11) is 0. The van der Waals surface area contributed by atoms with Crippen molar-refractivity contribution in [1.29, 1.82) is 0 Å². The van der Waals surface area contributed by atoms with Gasteiger partial charge in [0.15, 0.2) is 11.5 Å². The average molecular weight is 366 g/mol. The predicted molar refractivity (Wildman–Crippen MR) is 97.8 cm³/mol. The molecule has 4 amide bonds. The number of phenols is 1. The van der Waals surface area contributed by atoms with Crippen molar-refractivity contribution in [3.8, 4) is 11.5 Å². The van der Waals surface area contributed by atoms with Crippen LogP contribution in [-0.2, 0) is 16.1 Å². The number of hydrogen-bond acceptors (Lipinski definition) is 5. The van der Waals surface area contributed by atoms with E-state index >= 15 is 0 Å². The second kappa shape index (κ2) is 7.74. The number of rotatable bonds is 5. The lowest BCUT2D eigenvalue weighted by molar-refractivity contribution is -0.130. The molecule has 3 rings (SSSR count). The Hall–Kier alpha value is -3.61. The first kappa shape index (κ1) is 18.2. The lowest BCUT2D eigenvalue weighted by Gasteiger charge is -2.26. The van der Waals surface area contributed by atoms with E-state index < -0.39 is 17.8 Å². The molecule has 1 aliphatic rings.